The van der Waals surface area contributed by atoms with Gasteiger partial charge in [-0.1, -0.05) is 13.8 Å². The zero-order valence-corrected chi connectivity index (χ0v) is 16.9. The highest BCUT2D eigenvalue weighted by molar-refractivity contribution is 7.14. The maximum Gasteiger partial charge on any atom is 0.261 e. The van der Waals surface area contributed by atoms with Crippen LogP contribution in [-0.4, -0.2) is 33.9 Å². The predicted molar refractivity (Wildman–Crippen MR) is 108 cm³/mol. The molecule has 0 radical (unpaired) electrons. The number of benzene rings is 1. The number of nitrogens with one attached hydrogen (secondary N) is 1. The second kappa shape index (κ2) is 7.63. The van der Waals surface area contributed by atoms with E-state index in [1.807, 2.05) is 23.6 Å². The molecule has 0 atom stereocenters. The molecule has 0 bridgehead atoms. The lowest BCUT2D eigenvalue weighted by atomic mass is 10.1. The van der Waals surface area contributed by atoms with Crippen LogP contribution in [0.2, 0.25) is 0 Å². The van der Waals surface area contributed by atoms with Gasteiger partial charge in [0.25, 0.3) is 5.91 Å². The number of thiazole rings is 1. The topological polar surface area (TPSA) is 78.3 Å². The molecule has 1 aliphatic heterocycles. The van der Waals surface area contributed by atoms with Crippen LogP contribution in [0.5, 0.6) is 11.5 Å². The van der Waals surface area contributed by atoms with Gasteiger partial charge < -0.3 is 9.47 Å². The fraction of sp³-hybridized carbons (Fsp3) is 0.350. The van der Waals surface area contributed by atoms with Gasteiger partial charge in [0.05, 0.1) is 24.5 Å². The van der Waals surface area contributed by atoms with Crippen molar-refractivity contribution < 1.29 is 14.3 Å². The van der Waals surface area contributed by atoms with Crippen LogP contribution in [0, 0.1) is 0 Å². The quantitative estimate of drug-likeness (QED) is 0.716. The van der Waals surface area contributed by atoms with Gasteiger partial charge in [0.1, 0.15) is 5.69 Å². The highest BCUT2D eigenvalue weighted by Gasteiger charge is 2.20. The second-order valence-corrected chi connectivity index (χ2v) is 7.82. The summed E-state index contributed by atoms with van der Waals surface area (Å²) >= 11 is 1.42. The third-order valence-corrected chi connectivity index (χ3v) is 5.20. The monoisotopic (exact) mass is 398 g/mol. The number of rotatable bonds is 4. The normalized spacial score (nSPS) is 13.4. The van der Waals surface area contributed by atoms with Crippen LogP contribution in [0.3, 0.4) is 0 Å². The van der Waals surface area contributed by atoms with Gasteiger partial charge in [-0.25, -0.2) is 4.98 Å². The molecule has 0 aliphatic carbocycles. The maximum atomic E-state index is 12.9. The van der Waals surface area contributed by atoms with Gasteiger partial charge in [0.15, 0.2) is 16.6 Å². The molecular formula is C20H22N4O3S. The Kier molecular flexibility index (Phi) is 5.04. The first-order valence-electron chi connectivity index (χ1n) is 9.21. The lowest BCUT2D eigenvalue weighted by molar-refractivity contribution is 0.102. The number of aryl methyl sites for hydroxylation is 1. The van der Waals surface area contributed by atoms with Crippen molar-refractivity contribution in [3.63, 3.8) is 0 Å². The minimum absolute atomic E-state index is 0.236. The zero-order valence-electron chi connectivity index (χ0n) is 16.1. The average Bonchev–Trinajstić information content (AvgIpc) is 3.22. The number of aromatic nitrogens is 3. The maximum absolute atomic E-state index is 12.9. The van der Waals surface area contributed by atoms with E-state index in [4.69, 9.17) is 9.47 Å². The molecule has 0 spiro atoms. The summed E-state index contributed by atoms with van der Waals surface area (Å²) in [4.78, 5) is 17.4. The summed E-state index contributed by atoms with van der Waals surface area (Å²) in [5.41, 5.74) is 2.85. The van der Waals surface area contributed by atoms with Crippen LogP contribution in [0.4, 0.5) is 5.13 Å². The smallest absolute Gasteiger partial charge is 0.261 e. The number of hydrogen-bond donors (Lipinski definition) is 1. The number of carbonyl (C=O) groups excluding carboxylic acids is 1. The summed E-state index contributed by atoms with van der Waals surface area (Å²) in [7, 11) is 1.80. The van der Waals surface area contributed by atoms with Crippen LogP contribution in [0.1, 0.15) is 42.2 Å². The fourth-order valence-corrected chi connectivity index (χ4v) is 3.82. The molecule has 0 fully saturated rings. The van der Waals surface area contributed by atoms with Crippen LogP contribution in [-0.2, 0) is 7.05 Å². The number of amides is 1. The molecule has 146 valence electrons. The Balaban J connectivity index is 1.63. The summed E-state index contributed by atoms with van der Waals surface area (Å²) in [5.74, 6) is 1.47. The van der Waals surface area contributed by atoms with Crippen LogP contribution in [0.25, 0.3) is 11.3 Å². The lowest BCUT2D eigenvalue weighted by Crippen LogP contribution is -2.12. The molecular weight excluding hydrogens is 376 g/mol. The number of hydrogen-bond acceptors (Lipinski definition) is 6. The van der Waals surface area contributed by atoms with Crippen molar-refractivity contribution in [1.82, 2.24) is 14.8 Å². The van der Waals surface area contributed by atoms with E-state index in [9.17, 15) is 4.79 Å². The SMILES string of the molecule is CC(C)c1csc(NC(=O)c2cn(C)nc2-c2ccc3c(c2)OCCCO3)n1. The molecule has 0 saturated carbocycles. The van der Waals surface area contributed by atoms with E-state index in [0.29, 0.717) is 47.0 Å². The average molecular weight is 398 g/mol. The van der Waals surface area contributed by atoms with Crippen molar-refractivity contribution in [3.8, 4) is 22.8 Å². The van der Waals surface area contributed by atoms with Gasteiger partial charge in [-0.2, -0.15) is 5.10 Å². The Morgan fingerprint density at radius 1 is 1.25 bits per heavy atom. The summed E-state index contributed by atoms with van der Waals surface area (Å²) in [6.07, 6.45) is 2.55. The van der Waals surface area contributed by atoms with Crippen molar-refractivity contribution in [2.24, 2.45) is 7.05 Å². The van der Waals surface area contributed by atoms with Crippen molar-refractivity contribution in [2.45, 2.75) is 26.2 Å². The number of fused-ring (bicyclic) bond motifs is 1. The Morgan fingerprint density at radius 2 is 2.04 bits per heavy atom. The molecule has 3 heterocycles. The Bertz CT molecular complexity index is 1010. The first-order chi connectivity index (χ1) is 13.5. The number of ether oxygens (including phenoxy) is 2. The molecule has 28 heavy (non-hydrogen) atoms. The molecule has 0 unspecified atom stereocenters. The van der Waals surface area contributed by atoms with Gasteiger partial charge in [-0.15, -0.1) is 11.3 Å². The molecule has 7 nitrogen and oxygen atoms in total. The van der Waals surface area contributed by atoms with Crippen molar-refractivity contribution in [2.75, 3.05) is 18.5 Å². The zero-order chi connectivity index (χ0) is 19.7. The molecule has 0 saturated heterocycles. The van der Waals surface area contributed by atoms with Gasteiger partial charge in [-0.3, -0.25) is 14.8 Å². The number of nitrogens with zero attached hydrogens (tertiary/aromatic N) is 3. The van der Waals surface area contributed by atoms with E-state index in [1.54, 1.807) is 17.9 Å². The fourth-order valence-electron chi connectivity index (χ4n) is 2.95. The molecule has 1 aliphatic rings. The molecule has 1 aromatic carbocycles. The van der Waals surface area contributed by atoms with Gasteiger partial charge in [0, 0.05) is 30.6 Å². The summed E-state index contributed by atoms with van der Waals surface area (Å²) < 4.78 is 13.1. The predicted octanol–water partition coefficient (Wildman–Crippen LogP) is 4.08. The highest BCUT2D eigenvalue weighted by Crippen LogP contribution is 2.35. The summed E-state index contributed by atoms with van der Waals surface area (Å²) in [6, 6.07) is 5.63. The standard InChI is InChI=1S/C20H22N4O3S/c1-12(2)15-11-28-20(21-15)22-19(25)14-10-24(3)23-18(14)13-5-6-16-17(9-13)27-8-4-7-26-16/h5-6,9-12H,4,7-8H2,1-3H3,(H,21,22,25). The van der Waals surface area contributed by atoms with Gasteiger partial charge in [-0.05, 0) is 24.1 Å². The molecule has 3 aromatic rings. The van der Waals surface area contributed by atoms with Gasteiger partial charge >= 0.3 is 0 Å². The van der Waals surface area contributed by atoms with E-state index in [1.165, 1.54) is 11.3 Å². The van der Waals surface area contributed by atoms with Gasteiger partial charge in [0.2, 0.25) is 0 Å². The largest absolute Gasteiger partial charge is 0.490 e. The second-order valence-electron chi connectivity index (χ2n) is 6.96. The van der Waals surface area contributed by atoms with Crippen LogP contribution < -0.4 is 14.8 Å². The lowest BCUT2D eigenvalue weighted by Gasteiger charge is -2.09. The van der Waals surface area contributed by atoms with E-state index in [2.05, 4.69) is 29.2 Å². The molecule has 2 aromatic heterocycles. The van der Waals surface area contributed by atoms with E-state index in [-0.39, 0.29) is 5.91 Å². The summed E-state index contributed by atoms with van der Waals surface area (Å²) in [6.45, 7) is 5.39. The Hall–Kier alpha value is -2.87. The minimum Gasteiger partial charge on any atom is -0.490 e. The van der Waals surface area contributed by atoms with E-state index >= 15 is 0 Å². The molecule has 1 amide bonds. The van der Waals surface area contributed by atoms with E-state index < -0.39 is 0 Å². The van der Waals surface area contributed by atoms with Crippen molar-refractivity contribution in [3.05, 3.63) is 41.0 Å². The molecule has 8 heteroatoms. The Morgan fingerprint density at radius 3 is 2.79 bits per heavy atom. The first-order valence-corrected chi connectivity index (χ1v) is 10.1. The number of carbonyl (C=O) groups is 1. The number of anilines is 1. The third-order valence-electron chi connectivity index (χ3n) is 4.43. The minimum atomic E-state index is -0.236. The van der Waals surface area contributed by atoms with Crippen LogP contribution in [0.15, 0.2) is 29.8 Å². The van der Waals surface area contributed by atoms with Crippen LogP contribution >= 0.6 is 11.3 Å². The summed E-state index contributed by atoms with van der Waals surface area (Å²) in [5, 5.41) is 9.93. The Labute approximate surface area is 167 Å². The highest BCUT2D eigenvalue weighted by atomic mass is 32.1. The first kappa shape index (κ1) is 18.5. The van der Waals surface area contributed by atoms with Crippen molar-refractivity contribution >= 4 is 22.4 Å². The van der Waals surface area contributed by atoms with Crippen molar-refractivity contribution in [1.29, 1.82) is 0 Å². The molecule has 1 N–H and O–H groups in total. The third kappa shape index (κ3) is 3.73. The van der Waals surface area contributed by atoms with E-state index in [0.717, 1.165) is 17.7 Å². The molecule has 4 rings (SSSR count).